The van der Waals surface area contributed by atoms with Crippen LogP contribution in [0.3, 0.4) is 0 Å². The van der Waals surface area contributed by atoms with Crippen LogP contribution in [-0.2, 0) is 9.47 Å². The number of benzene rings is 2. The number of anilines is 1. The van der Waals surface area contributed by atoms with E-state index < -0.39 is 31.5 Å². The second kappa shape index (κ2) is 14.2. The molecular weight excluding hydrogens is 652 g/mol. The maximum Gasteiger partial charge on any atom is 0.410 e. The van der Waals surface area contributed by atoms with Gasteiger partial charge in [-0.25, -0.2) is 9.18 Å². The van der Waals surface area contributed by atoms with E-state index in [9.17, 15) is 9.59 Å². The monoisotopic (exact) mass is 702 g/mol. The Kier molecular flexibility index (Phi) is 10.6. The number of carbonyl (C=O) groups excluding carboxylic acids is 2. The van der Waals surface area contributed by atoms with Gasteiger partial charge in [0.1, 0.15) is 25.1 Å². The number of carbonyl (C=O) groups is 2. The van der Waals surface area contributed by atoms with Gasteiger partial charge < -0.3 is 29.7 Å². The van der Waals surface area contributed by atoms with Crippen LogP contribution in [0.4, 0.5) is 14.9 Å². The number of pyridine rings is 1. The summed E-state index contributed by atoms with van der Waals surface area (Å²) in [6.07, 6.45) is 1.55. The molecule has 0 saturated carbocycles. The van der Waals surface area contributed by atoms with Crippen LogP contribution in [-0.4, -0.2) is 79.5 Å². The Morgan fingerprint density at radius 1 is 1.06 bits per heavy atom. The normalized spacial score (nSPS) is 17.6. The Morgan fingerprint density at radius 2 is 1.74 bits per heavy atom. The number of methoxy groups -OCH3 is 1. The van der Waals surface area contributed by atoms with Crippen LogP contribution < -0.4 is 10.5 Å². The number of ether oxygens (including phenoxy) is 3. The molecule has 2 atom stereocenters. The van der Waals surface area contributed by atoms with Gasteiger partial charge in [-0.3, -0.25) is 9.78 Å². The lowest BCUT2D eigenvalue weighted by Gasteiger charge is -2.46. The lowest BCUT2D eigenvalue weighted by Crippen LogP contribution is -2.64. The van der Waals surface area contributed by atoms with Crippen LogP contribution in [0.5, 0.6) is 5.75 Å². The Hall–Kier alpha value is -4.14. The zero-order chi connectivity index (χ0) is 36.7. The first kappa shape index (κ1) is 37.1. The van der Waals surface area contributed by atoms with E-state index in [1.165, 1.54) is 13.3 Å². The SMILES string of the molecule is COCOc1cc(-c2ncc(C(=O)N3C[C@@H]4[C@H]3CCN4C(=O)OC(C)(C)C)c(N)c2F)c2c(C#C[Si](C(C)C)(C(C)C)C(C)C)cccc2c1. The summed E-state index contributed by atoms with van der Waals surface area (Å²) in [6.45, 7) is 19.9. The van der Waals surface area contributed by atoms with Crippen molar-refractivity contribution in [1.82, 2.24) is 14.8 Å². The van der Waals surface area contributed by atoms with Gasteiger partial charge in [0.15, 0.2) is 12.6 Å². The topological polar surface area (TPSA) is 107 Å². The molecule has 1 aromatic heterocycles. The van der Waals surface area contributed by atoms with Gasteiger partial charge in [-0.15, -0.1) is 5.54 Å². The van der Waals surface area contributed by atoms with Gasteiger partial charge in [-0.05, 0) is 67.4 Å². The number of nitrogens with two attached hydrogens (primary N) is 1. The van der Waals surface area contributed by atoms with E-state index in [1.807, 2.05) is 45.0 Å². The maximum atomic E-state index is 16.5. The minimum Gasteiger partial charge on any atom is -0.468 e. The third kappa shape index (κ3) is 6.80. The number of nitrogen functional groups attached to an aromatic ring is 1. The van der Waals surface area contributed by atoms with Crippen molar-refractivity contribution in [1.29, 1.82) is 0 Å². The summed E-state index contributed by atoms with van der Waals surface area (Å²) >= 11 is 0. The van der Waals surface area contributed by atoms with Crippen LogP contribution in [0.15, 0.2) is 36.5 Å². The Bertz CT molecular complexity index is 1820. The van der Waals surface area contributed by atoms with Crippen molar-refractivity contribution in [2.75, 3.05) is 32.7 Å². The number of amides is 2. The fourth-order valence-electron chi connectivity index (χ4n) is 7.93. The third-order valence-corrected chi connectivity index (χ3v) is 16.6. The summed E-state index contributed by atoms with van der Waals surface area (Å²) in [6, 6.07) is 9.07. The van der Waals surface area contributed by atoms with Crippen molar-refractivity contribution in [2.45, 2.75) is 103 Å². The average Bonchev–Trinajstić information content (AvgIpc) is 3.35. The van der Waals surface area contributed by atoms with Crippen LogP contribution in [0.2, 0.25) is 16.6 Å². The summed E-state index contributed by atoms with van der Waals surface area (Å²) in [5, 5.41) is 1.53. The van der Waals surface area contributed by atoms with Crippen LogP contribution >= 0.6 is 0 Å². The smallest absolute Gasteiger partial charge is 0.410 e. The van der Waals surface area contributed by atoms with Gasteiger partial charge in [0, 0.05) is 42.9 Å². The second-order valence-electron chi connectivity index (χ2n) is 15.4. The molecule has 3 heterocycles. The Balaban J connectivity index is 1.55. The molecule has 2 fully saturated rings. The highest BCUT2D eigenvalue weighted by atomic mass is 28.3. The highest BCUT2D eigenvalue weighted by molar-refractivity contribution is 6.90. The van der Waals surface area contributed by atoms with Gasteiger partial charge in [0.05, 0.1) is 23.3 Å². The molecule has 5 rings (SSSR count). The molecular formula is C39H51FN4O5Si. The van der Waals surface area contributed by atoms with Gasteiger partial charge in [-0.1, -0.05) is 59.6 Å². The van der Waals surface area contributed by atoms with Gasteiger partial charge in [0.2, 0.25) is 0 Å². The largest absolute Gasteiger partial charge is 0.468 e. The number of fused-ring (bicyclic) bond motifs is 2. The van der Waals surface area contributed by atoms with Crippen molar-refractivity contribution < 1.29 is 28.2 Å². The predicted molar refractivity (Wildman–Crippen MR) is 198 cm³/mol. The minimum absolute atomic E-state index is 0.000271. The van der Waals surface area contributed by atoms with E-state index in [2.05, 4.69) is 58.0 Å². The van der Waals surface area contributed by atoms with Crippen molar-refractivity contribution in [3.8, 4) is 28.5 Å². The maximum absolute atomic E-state index is 16.5. The van der Waals surface area contributed by atoms with E-state index in [-0.39, 0.29) is 35.8 Å². The number of likely N-dealkylation sites (tertiary alicyclic amines) is 2. The van der Waals surface area contributed by atoms with Crippen LogP contribution in [0.1, 0.15) is 84.7 Å². The molecule has 3 aromatic rings. The zero-order valence-electron chi connectivity index (χ0n) is 31.0. The molecule has 0 aliphatic carbocycles. The molecule has 50 heavy (non-hydrogen) atoms. The van der Waals surface area contributed by atoms with E-state index in [0.29, 0.717) is 47.4 Å². The van der Waals surface area contributed by atoms with Crippen molar-refractivity contribution in [3.63, 3.8) is 0 Å². The van der Waals surface area contributed by atoms with E-state index in [0.717, 1.165) is 16.3 Å². The van der Waals surface area contributed by atoms with Crippen molar-refractivity contribution >= 4 is 36.5 Å². The lowest BCUT2D eigenvalue weighted by atomic mass is 9.94. The van der Waals surface area contributed by atoms with Crippen molar-refractivity contribution in [2.24, 2.45) is 0 Å². The number of hydrogen-bond acceptors (Lipinski definition) is 7. The number of aromatic nitrogens is 1. The minimum atomic E-state index is -2.09. The first-order valence-corrected chi connectivity index (χ1v) is 19.7. The molecule has 268 valence electrons. The molecule has 2 aromatic carbocycles. The van der Waals surface area contributed by atoms with E-state index in [1.54, 1.807) is 15.9 Å². The summed E-state index contributed by atoms with van der Waals surface area (Å²) in [5.41, 5.74) is 11.8. The number of rotatable bonds is 8. The predicted octanol–water partition coefficient (Wildman–Crippen LogP) is 8.01. The fraction of sp³-hybridized carbons (Fsp3) is 0.513. The third-order valence-electron chi connectivity index (χ3n) is 10.3. The fourth-order valence-corrected chi connectivity index (χ4v) is 13.1. The number of nitrogens with zero attached hydrogens (tertiary/aromatic N) is 3. The van der Waals surface area contributed by atoms with Gasteiger partial charge in [0.25, 0.3) is 5.91 Å². The molecule has 2 aliphatic heterocycles. The van der Waals surface area contributed by atoms with Gasteiger partial charge in [-0.2, -0.15) is 0 Å². The molecule has 2 saturated heterocycles. The molecule has 0 radical (unpaired) electrons. The summed E-state index contributed by atoms with van der Waals surface area (Å²) in [7, 11) is -0.555. The van der Waals surface area contributed by atoms with E-state index >= 15 is 4.39 Å². The first-order valence-electron chi connectivity index (χ1n) is 17.5. The first-order chi connectivity index (χ1) is 23.5. The average molecular weight is 703 g/mol. The summed E-state index contributed by atoms with van der Waals surface area (Å²) < 4.78 is 33.0. The Labute approximate surface area is 296 Å². The molecule has 0 bridgehead atoms. The molecule has 2 amide bonds. The molecule has 0 unspecified atom stereocenters. The Morgan fingerprint density at radius 3 is 2.36 bits per heavy atom. The van der Waals surface area contributed by atoms with Gasteiger partial charge >= 0.3 is 6.09 Å². The summed E-state index contributed by atoms with van der Waals surface area (Å²) in [4.78, 5) is 34.3. The number of halogens is 1. The number of hydrogen-bond donors (Lipinski definition) is 1. The molecule has 2 N–H and O–H groups in total. The molecule has 2 aliphatic rings. The highest BCUT2D eigenvalue weighted by Gasteiger charge is 2.52. The molecule has 9 nitrogen and oxygen atoms in total. The van der Waals surface area contributed by atoms with Crippen LogP contribution in [0.25, 0.3) is 22.0 Å². The zero-order valence-corrected chi connectivity index (χ0v) is 32.0. The second-order valence-corrected chi connectivity index (χ2v) is 21.0. The van der Waals surface area contributed by atoms with Crippen LogP contribution in [0, 0.1) is 17.3 Å². The lowest BCUT2D eigenvalue weighted by molar-refractivity contribution is -0.00675. The highest BCUT2D eigenvalue weighted by Crippen LogP contribution is 2.42. The standard InChI is InChI=1S/C39H51FN4O5Si/c1-23(2)50(24(3)4,25(5)6)17-15-26-12-11-13-27-18-28(48-22-47-10)19-29(33(26)27)36-34(40)35(41)30(20-42-36)37(45)44-21-32-31(44)14-16-43(32)38(46)49-39(7,8)9/h11-13,18-20,23-25,31-32H,14,16,21-22H2,1-10H3,(H2,41,42)/t31-,32-/m1/s1. The molecule has 11 heteroatoms. The summed E-state index contributed by atoms with van der Waals surface area (Å²) in [5.74, 6) is 2.81. The van der Waals surface area contributed by atoms with E-state index in [4.69, 9.17) is 19.9 Å². The molecule has 0 spiro atoms. The van der Waals surface area contributed by atoms with Crippen molar-refractivity contribution in [3.05, 3.63) is 53.5 Å². The quantitative estimate of drug-likeness (QED) is 0.144.